The van der Waals surface area contributed by atoms with Crippen molar-refractivity contribution < 1.29 is 4.74 Å². The number of rotatable bonds is 7. The van der Waals surface area contributed by atoms with Crippen molar-refractivity contribution in [2.45, 2.75) is 45.4 Å². The molecule has 0 aromatic carbocycles. The lowest BCUT2D eigenvalue weighted by molar-refractivity contribution is 0.192. The van der Waals surface area contributed by atoms with E-state index in [0.717, 1.165) is 31.8 Å². The number of methoxy groups -OCH3 is 1. The van der Waals surface area contributed by atoms with Crippen LogP contribution in [0.25, 0.3) is 0 Å². The van der Waals surface area contributed by atoms with Crippen LogP contribution in [0.15, 0.2) is 18.3 Å². The average Bonchev–Trinajstić information content (AvgIpc) is 2.33. The smallest absolute Gasteiger partial charge is 0.125 e. The quantitative estimate of drug-likeness (QED) is 0.751. The highest BCUT2D eigenvalue weighted by atomic mass is 16.5. The van der Waals surface area contributed by atoms with E-state index in [1.165, 1.54) is 12.0 Å². The molecule has 0 aliphatic rings. The van der Waals surface area contributed by atoms with Crippen molar-refractivity contribution in [3.63, 3.8) is 0 Å². The van der Waals surface area contributed by atoms with Crippen molar-refractivity contribution in [2.75, 3.05) is 25.6 Å². The summed E-state index contributed by atoms with van der Waals surface area (Å²) in [6, 6.07) is 4.22. The molecule has 0 amide bonds. The molecule has 1 N–H and O–H groups in total. The lowest BCUT2D eigenvalue weighted by atomic mass is 9.88. The number of pyridine rings is 1. The molecule has 1 aromatic rings. The number of nitrogens with one attached hydrogen (secondary N) is 1. The van der Waals surface area contributed by atoms with E-state index in [1.54, 1.807) is 7.11 Å². The van der Waals surface area contributed by atoms with Crippen molar-refractivity contribution in [2.24, 2.45) is 0 Å². The van der Waals surface area contributed by atoms with Crippen LogP contribution in [0.2, 0.25) is 0 Å². The zero-order valence-electron chi connectivity index (χ0n) is 12.1. The molecule has 0 fully saturated rings. The first-order chi connectivity index (χ1) is 8.54. The van der Waals surface area contributed by atoms with Gasteiger partial charge in [0.15, 0.2) is 0 Å². The summed E-state index contributed by atoms with van der Waals surface area (Å²) in [6.07, 6.45) is 5.45. The molecular weight excluding hydrogens is 224 g/mol. The minimum absolute atomic E-state index is 0.172. The van der Waals surface area contributed by atoms with E-state index in [9.17, 15) is 0 Å². The summed E-state index contributed by atoms with van der Waals surface area (Å²) < 4.78 is 5.02. The molecule has 1 rings (SSSR count). The second kappa shape index (κ2) is 7.37. The Morgan fingerprint density at radius 1 is 1.17 bits per heavy atom. The highest BCUT2D eigenvalue weighted by Gasteiger charge is 2.13. The molecule has 1 aromatic heterocycles. The molecule has 0 aliphatic carbocycles. The fourth-order valence-electron chi connectivity index (χ4n) is 1.71. The molecule has 3 nitrogen and oxygen atoms in total. The Morgan fingerprint density at radius 3 is 2.50 bits per heavy atom. The summed E-state index contributed by atoms with van der Waals surface area (Å²) in [5, 5.41) is 3.35. The first kappa shape index (κ1) is 15.0. The van der Waals surface area contributed by atoms with Crippen LogP contribution in [0.3, 0.4) is 0 Å². The minimum atomic E-state index is 0.172. The van der Waals surface area contributed by atoms with Crippen LogP contribution in [-0.2, 0) is 10.2 Å². The van der Waals surface area contributed by atoms with Crippen LogP contribution in [0.5, 0.6) is 0 Å². The van der Waals surface area contributed by atoms with Crippen molar-refractivity contribution in [1.82, 2.24) is 4.98 Å². The van der Waals surface area contributed by atoms with Gasteiger partial charge in [0.05, 0.1) is 0 Å². The molecule has 0 radical (unpaired) electrons. The van der Waals surface area contributed by atoms with Crippen molar-refractivity contribution in [1.29, 1.82) is 0 Å². The van der Waals surface area contributed by atoms with Gasteiger partial charge in [-0.2, -0.15) is 0 Å². The molecule has 102 valence electrons. The third-order valence-electron chi connectivity index (χ3n) is 2.96. The Bertz CT molecular complexity index is 327. The first-order valence-corrected chi connectivity index (χ1v) is 6.73. The average molecular weight is 250 g/mol. The summed E-state index contributed by atoms with van der Waals surface area (Å²) in [7, 11) is 1.75. The predicted octanol–water partition coefficient (Wildman–Crippen LogP) is 3.61. The lowest BCUT2D eigenvalue weighted by Crippen LogP contribution is -2.12. The summed E-state index contributed by atoms with van der Waals surface area (Å²) in [4.78, 5) is 4.44. The van der Waals surface area contributed by atoms with Gasteiger partial charge >= 0.3 is 0 Å². The van der Waals surface area contributed by atoms with E-state index in [4.69, 9.17) is 4.74 Å². The second-order valence-electron chi connectivity index (χ2n) is 5.66. The number of anilines is 1. The largest absolute Gasteiger partial charge is 0.385 e. The third kappa shape index (κ3) is 5.50. The topological polar surface area (TPSA) is 34.1 Å². The molecule has 0 spiro atoms. The molecule has 0 saturated heterocycles. The fraction of sp³-hybridized carbons (Fsp3) is 0.667. The predicted molar refractivity (Wildman–Crippen MR) is 77.2 cm³/mol. The van der Waals surface area contributed by atoms with Gasteiger partial charge in [-0.3, -0.25) is 0 Å². The van der Waals surface area contributed by atoms with Gasteiger partial charge in [-0.15, -0.1) is 0 Å². The molecule has 0 unspecified atom stereocenters. The fourth-order valence-corrected chi connectivity index (χ4v) is 1.71. The molecule has 3 heteroatoms. The molecular formula is C15H26N2O. The zero-order chi connectivity index (χ0) is 13.4. The van der Waals surface area contributed by atoms with Gasteiger partial charge in [0, 0.05) is 26.5 Å². The maximum atomic E-state index is 5.02. The van der Waals surface area contributed by atoms with Crippen LogP contribution in [0, 0.1) is 0 Å². The standard InChI is InChI=1S/C15H26N2O/c1-15(2,3)13-8-9-14(17-12-13)16-10-6-5-7-11-18-4/h8-9,12H,5-7,10-11H2,1-4H3,(H,16,17). The minimum Gasteiger partial charge on any atom is -0.385 e. The monoisotopic (exact) mass is 250 g/mol. The van der Waals surface area contributed by atoms with Crippen molar-refractivity contribution in [3.8, 4) is 0 Å². The van der Waals surface area contributed by atoms with E-state index in [0.29, 0.717) is 0 Å². The molecule has 0 saturated carbocycles. The van der Waals surface area contributed by atoms with Crippen LogP contribution < -0.4 is 5.32 Å². The maximum Gasteiger partial charge on any atom is 0.125 e. The van der Waals surface area contributed by atoms with Gasteiger partial charge in [0.2, 0.25) is 0 Å². The van der Waals surface area contributed by atoms with Gasteiger partial charge in [-0.25, -0.2) is 4.98 Å². The Balaban J connectivity index is 2.27. The number of hydrogen-bond donors (Lipinski definition) is 1. The van der Waals surface area contributed by atoms with E-state index in [2.05, 4.69) is 43.2 Å². The Labute approximate surface area is 111 Å². The number of nitrogens with zero attached hydrogens (tertiary/aromatic N) is 1. The van der Waals surface area contributed by atoms with Crippen LogP contribution in [0.1, 0.15) is 45.6 Å². The van der Waals surface area contributed by atoms with Crippen molar-refractivity contribution in [3.05, 3.63) is 23.9 Å². The summed E-state index contributed by atoms with van der Waals surface area (Å²) in [5.74, 6) is 0.967. The number of unbranched alkanes of at least 4 members (excludes halogenated alkanes) is 2. The second-order valence-corrected chi connectivity index (χ2v) is 5.66. The van der Waals surface area contributed by atoms with E-state index < -0.39 is 0 Å². The summed E-state index contributed by atoms with van der Waals surface area (Å²) in [5.41, 5.74) is 1.44. The number of ether oxygens (including phenoxy) is 1. The van der Waals surface area contributed by atoms with Gasteiger partial charge in [0.25, 0.3) is 0 Å². The maximum absolute atomic E-state index is 5.02. The summed E-state index contributed by atoms with van der Waals surface area (Å²) >= 11 is 0. The first-order valence-electron chi connectivity index (χ1n) is 6.73. The normalized spacial score (nSPS) is 11.6. The molecule has 18 heavy (non-hydrogen) atoms. The van der Waals surface area contributed by atoms with E-state index in [-0.39, 0.29) is 5.41 Å². The third-order valence-corrected chi connectivity index (χ3v) is 2.96. The SMILES string of the molecule is COCCCCCNc1ccc(C(C)(C)C)cn1. The molecule has 0 aliphatic heterocycles. The molecule has 0 atom stereocenters. The van der Waals surface area contributed by atoms with E-state index >= 15 is 0 Å². The van der Waals surface area contributed by atoms with Gasteiger partial charge < -0.3 is 10.1 Å². The van der Waals surface area contributed by atoms with Gasteiger partial charge in [-0.05, 0) is 36.3 Å². The number of hydrogen-bond acceptors (Lipinski definition) is 3. The lowest BCUT2D eigenvalue weighted by Gasteiger charge is -2.18. The molecule has 0 bridgehead atoms. The Kier molecular flexibility index (Phi) is 6.13. The molecule has 1 heterocycles. The zero-order valence-corrected chi connectivity index (χ0v) is 12.1. The van der Waals surface area contributed by atoms with Crippen molar-refractivity contribution >= 4 is 5.82 Å². The highest BCUT2D eigenvalue weighted by Crippen LogP contribution is 2.21. The Morgan fingerprint density at radius 2 is 1.94 bits per heavy atom. The number of aromatic nitrogens is 1. The van der Waals surface area contributed by atoms with E-state index in [1.807, 2.05) is 6.20 Å². The highest BCUT2D eigenvalue weighted by molar-refractivity contribution is 5.36. The van der Waals surface area contributed by atoms with Crippen LogP contribution >= 0.6 is 0 Å². The van der Waals surface area contributed by atoms with Crippen LogP contribution in [0.4, 0.5) is 5.82 Å². The van der Waals surface area contributed by atoms with Gasteiger partial charge in [-0.1, -0.05) is 26.8 Å². The van der Waals surface area contributed by atoms with Gasteiger partial charge in [0.1, 0.15) is 5.82 Å². The summed E-state index contributed by atoms with van der Waals surface area (Å²) in [6.45, 7) is 8.44. The Hall–Kier alpha value is -1.09. The van der Waals surface area contributed by atoms with Crippen LogP contribution in [-0.4, -0.2) is 25.2 Å².